The van der Waals surface area contributed by atoms with E-state index in [0.29, 0.717) is 11.4 Å². The van der Waals surface area contributed by atoms with Crippen LogP contribution in [0, 0.1) is 12.3 Å². The lowest BCUT2D eigenvalue weighted by Gasteiger charge is -2.47. The molecule has 0 aromatic heterocycles. The Bertz CT molecular complexity index is 535. The lowest BCUT2D eigenvalue weighted by Crippen LogP contribution is -2.54. The number of hydrogen-bond acceptors (Lipinski definition) is 3. The van der Waals surface area contributed by atoms with Crippen LogP contribution in [0.5, 0.6) is 0 Å². The van der Waals surface area contributed by atoms with Crippen LogP contribution in [-0.2, 0) is 0 Å². The molecule has 0 unspecified atom stereocenters. The minimum absolute atomic E-state index is 0.117. The van der Waals surface area contributed by atoms with E-state index in [-0.39, 0.29) is 5.54 Å². The highest BCUT2D eigenvalue weighted by atomic mass is 15.4. The van der Waals surface area contributed by atoms with Crippen LogP contribution in [0.3, 0.4) is 0 Å². The first kappa shape index (κ1) is 13.5. The summed E-state index contributed by atoms with van der Waals surface area (Å²) in [6.45, 7) is 7.75. The molecule has 1 heterocycles. The zero-order valence-corrected chi connectivity index (χ0v) is 12.8. The van der Waals surface area contributed by atoms with E-state index in [1.54, 1.807) is 0 Å². The number of aryl methyl sites for hydroxylation is 1. The Kier molecular flexibility index (Phi) is 3.03. The fraction of sp³-hybridized carbons (Fsp3) is 0.588. The quantitative estimate of drug-likeness (QED) is 0.849. The van der Waals surface area contributed by atoms with Gasteiger partial charge in [-0.05, 0) is 49.7 Å². The highest BCUT2D eigenvalue weighted by Gasteiger charge is 2.47. The lowest BCUT2D eigenvalue weighted by molar-refractivity contribution is 0.176. The van der Waals surface area contributed by atoms with Crippen LogP contribution >= 0.6 is 0 Å². The number of aliphatic imine (C=N–C) groups is 1. The standard InChI is InChI=1S/C17H25N3/c1-13-6-4-5-7-14(13)20-15(18)19-12-17(20)10-8-16(2,3)9-11-17/h4-7H,8-12H2,1-3H3,(H2,18,19). The van der Waals surface area contributed by atoms with Crippen molar-refractivity contribution in [1.29, 1.82) is 0 Å². The van der Waals surface area contributed by atoms with Crippen molar-refractivity contribution in [2.75, 3.05) is 11.4 Å². The van der Waals surface area contributed by atoms with Gasteiger partial charge in [-0.25, -0.2) is 0 Å². The molecule has 3 rings (SSSR count). The number of nitrogens with two attached hydrogens (primary N) is 1. The molecule has 3 heteroatoms. The zero-order valence-electron chi connectivity index (χ0n) is 12.8. The summed E-state index contributed by atoms with van der Waals surface area (Å²) in [5.41, 5.74) is 9.31. The third-order valence-corrected chi connectivity index (χ3v) is 5.13. The summed E-state index contributed by atoms with van der Waals surface area (Å²) in [6, 6.07) is 8.50. The number of guanidine groups is 1. The highest BCUT2D eigenvalue weighted by molar-refractivity contribution is 5.99. The predicted octanol–water partition coefficient (Wildman–Crippen LogP) is 3.47. The molecule has 2 aliphatic rings. The fourth-order valence-electron chi connectivity index (χ4n) is 3.58. The van der Waals surface area contributed by atoms with Crippen molar-refractivity contribution >= 4 is 11.6 Å². The molecule has 20 heavy (non-hydrogen) atoms. The lowest BCUT2D eigenvalue weighted by atomic mass is 9.69. The smallest absolute Gasteiger partial charge is 0.196 e. The Balaban J connectivity index is 1.96. The van der Waals surface area contributed by atoms with E-state index in [2.05, 4.69) is 54.9 Å². The van der Waals surface area contributed by atoms with Crippen molar-refractivity contribution < 1.29 is 0 Å². The molecule has 1 fully saturated rings. The topological polar surface area (TPSA) is 41.6 Å². The molecule has 0 radical (unpaired) electrons. The Hall–Kier alpha value is -1.51. The molecule has 0 bridgehead atoms. The van der Waals surface area contributed by atoms with Gasteiger partial charge in [-0.15, -0.1) is 0 Å². The molecular formula is C17H25N3. The van der Waals surface area contributed by atoms with E-state index in [0.717, 1.165) is 6.54 Å². The highest BCUT2D eigenvalue weighted by Crippen LogP contribution is 2.46. The van der Waals surface area contributed by atoms with Crippen LogP contribution in [0.2, 0.25) is 0 Å². The van der Waals surface area contributed by atoms with Crippen molar-refractivity contribution in [2.24, 2.45) is 16.1 Å². The molecule has 1 spiro atoms. The molecule has 2 N–H and O–H groups in total. The maximum atomic E-state index is 6.23. The second-order valence-corrected chi connectivity index (χ2v) is 7.18. The van der Waals surface area contributed by atoms with Gasteiger partial charge in [-0.1, -0.05) is 32.0 Å². The molecule has 1 aromatic rings. The third-order valence-electron chi connectivity index (χ3n) is 5.13. The first-order valence-corrected chi connectivity index (χ1v) is 7.59. The molecule has 0 saturated heterocycles. The van der Waals surface area contributed by atoms with Gasteiger partial charge in [0.2, 0.25) is 0 Å². The Labute approximate surface area is 121 Å². The monoisotopic (exact) mass is 271 g/mol. The number of anilines is 1. The molecule has 1 aromatic carbocycles. The molecule has 0 atom stereocenters. The van der Waals surface area contributed by atoms with Gasteiger partial charge < -0.3 is 10.6 Å². The number of para-hydroxylation sites is 1. The Morgan fingerprint density at radius 3 is 2.40 bits per heavy atom. The van der Waals surface area contributed by atoms with Crippen molar-refractivity contribution in [2.45, 2.75) is 52.0 Å². The van der Waals surface area contributed by atoms with Gasteiger partial charge in [0, 0.05) is 5.69 Å². The van der Waals surface area contributed by atoms with Crippen LogP contribution in [-0.4, -0.2) is 18.0 Å². The average molecular weight is 271 g/mol. The van der Waals surface area contributed by atoms with Gasteiger partial charge in [0.25, 0.3) is 0 Å². The van der Waals surface area contributed by atoms with Crippen molar-refractivity contribution in [1.82, 2.24) is 0 Å². The molecular weight excluding hydrogens is 246 g/mol. The van der Waals surface area contributed by atoms with Crippen LogP contribution in [0.25, 0.3) is 0 Å². The van der Waals surface area contributed by atoms with Crippen LogP contribution in [0.4, 0.5) is 5.69 Å². The second kappa shape index (κ2) is 4.51. The van der Waals surface area contributed by atoms with E-state index < -0.39 is 0 Å². The molecule has 1 saturated carbocycles. The number of benzene rings is 1. The van der Waals surface area contributed by atoms with E-state index in [1.807, 2.05) is 0 Å². The summed E-state index contributed by atoms with van der Waals surface area (Å²) < 4.78 is 0. The van der Waals surface area contributed by atoms with Crippen LogP contribution < -0.4 is 10.6 Å². The summed E-state index contributed by atoms with van der Waals surface area (Å²) in [6.07, 6.45) is 4.85. The maximum Gasteiger partial charge on any atom is 0.196 e. The van der Waals surface area contributed by atoms with E-state index in [1.165, 1.54) is 36.9 Å². The van der Waals surface area contributed by atoms with Crippen molar-refractivity contribution in [3.63, 3.8) is 0 Å². The minimum Gasteiger partial charge on any atom is -0.369 e. The zero-order chi connectivity index (χ0) is 14.4. The maximum absolute atomic E-state index is 6.23. The van der Waals surface area contributed by atoms with Gasteiger partial charge in [-0.2, -0.15) is 0 Å². The summed E-state index contributed by atoms with van der Waals surface area (Å²) >= 11 is 0. The fourth-order valence-corrected chi connectivity index (χ4v) is 3.58. The first-order chi connectivity index (χ1) is 9.44. The SMILES string of the molecule is Cc1ccccc1N1C(N)=NCC12CCC(C)(C)CC2. The summed E-state index contributed by atoms with van der Waals surface area (Å²) in [4.78, 5) is 6.90. The number of hydrogen-bond donors (Lipinski definition) is 1. The first-order valence-electron chi connectivity index (χ1n) is 7.59. The Morgan fingerprint density at radius 1 is 1.10 bits per heavy atom. The van der Waals surface area contributed by atoms with Crippen LogP contribution in [0.15, 0.2) is 29.3 Å². The van der Waals surface area contributed by atoms with E-state index in [4.69, 9.17) is 5.73 Å². The molecule has 1 aliphatic carbocycles. The van der Waals surface area contributed by atoms with E-state index >= 15 is 0 Å². The summed E-state index contributed by atoms with van der Waals surface area (Å²) in [5.74, 6) is 0.694. The molecule has 3 nitrogen and oxygen atoms in total. The van der Waals surface area contributed by atoms with Gasteiger partial charge >= 0.3 is 0 Å². The largest absolute Gasteiger partial charge is 0.369 e. The summed E-state index contributed by atoms with van der Waals surface area (Å²) in [5, 5.41) is 0. The molecule has 108 valence electrons. The minimum atomic E-state index is 0.117. The number of nitrogens with zero attached hydrogens (tertiary/aromatic N) is 2. The van der Waals surface area contributed by atoms with Crippen LogP contribution in [0.1, 0.15) is 45.1 Å². The predicted molar refractivity (Wildman–Crippen MR) is 85.1 cm³/mol. The third kappa shape index (κ3) is 2.09. The van der Waals surface area contributed by atoms with Crippen molar-refractivity contribution in [3.05, 3.63) is 29.8 Å². The van der Waals surface area contributed by atoms with Gasteiger partial charge in [0.05, 0.1) is 12.1 Å². The second-order valence-electron chi connectivity index (χ2n) is 7.18. The average Bonchev–Trinajstić information content (AvgIpc) is 2.72. The normalized spacial score (nSPS) is 23.9. The summed E-state index contributed by atoms with van der Waals surface area (Å²) in [7, 11) is 0. The van der Waals surface area contributed by atoms with Gasteiger partial charge in [0.15, 0.2) is 5.96 Å². The van der Waals surface area contributed by atoms with Gasteiger partial charge in [0.1, 0.15) is 0 Å². The van der Waals surface area contributed by atoms with Crippen molar-refractivity contribution in [3.8, 4) is 0 Å². The molecule has 0 amide bonds. The Morgan fingerprint density at radius 2 is 1.75 bits per heavy atom. The molecule has 1 aliphatic heterocycles. The van der Waals surface area contributed by atoms with Gasteiger partial charge in [-0.3, -0.25) is 4.99 Å². The van der Waals surface area contributed by atoms with E-state index in [9.17, 15) is 0 Å². The number of rotatable bonds is 1.